The van der Waals surface area contributed by atoms with Crippen molar-refractivity contribution in [3.05, 3.63) is 23.9 Å². The molecule has 6 heteroatoms. The number of nitrogens with zero attached hydrogens (tertiary/aromatic N) is 2. The first-order valence-electron chi connectivity index (χ1n) is 7.91. The van der Waals surface area contributed by atoms with Crippen LogP contribution in [0.15, 0.2) is 18.3 Å². The molecular formula is C16H22N4OS. The quantitative estimate of drug-likeness (QED) is 0.836. The van der Waals surface area contributed by atoms with Gasteiger partial charge in [-0.15, -0.1) is 0 Å². The smallest absolute Gasteiger partial charge is 0.230 e. The number of carbonyl (C=O) groups excluding carboxylic acids is 1. The molecule has 2 fully saturated rings. The van der Waals surface area contributed by atoms with E-state index < -0.39 is 0 Å². The number of hydrogen-bond donors (Lipinski definition) is 2. The lowest BCUT2D eigenvalue weighted by atomic mass is 9.97. The first kappa shape index (κ1) is 15.2. The van der Waals surface area contributed by atoms with E-state index in [1.165, 1.54) is 12.8 Å². The van der Waals surface area contributed by atoms with Gasteiger partial charge in [-0.25, -0.2) is 4.98 Å². The molecule has 2 heterocycles. The molecule has 5 nitrogen and oxygen atoms in total. The number of aryl methyl sites for hydroxylation is 1. The first-order valence-corrected chi connectivity index (χ1v) is 8.32. The first-order chi connectivity index (χ1) is 10.6. The molecule has 1 amide bonds. The summed E-state index contributed by atoms with van der Waals surface area (Å²) in [5.41, 5.74) is 0.981. The van der Waals surface area contributed by atoms with E-state index in [4.69, 9.17) is 12.2 Å². The van der Waals surface area contributed by atoms with Crippen molar-refractivity contribution < 1.29 is 4.79 Å². The highest BCUT2D eigenvalue weighted by Gasteiger charge is 2.29. The Morgan fingerprint density at radius 2 is 2.23 bits per heavy atom. The third-order valence-corrected chi connectivity index (χ3v) is 4.61. The maximum atomic E-state index is 12.5. The van der Waals surface area contributed by atoms with E-state index in [1.54, 1.807) is 6.20 Å². The average Bonchev–Trinajstić information content (AvgIpc) is 3.33. The standard InChI is InChI=1S/C16H22N4OS/c1-11-4-2-8-17-14(11)19-15(21)12-5-3-9-20(10-12)16(22)18-13-6-7-13/h2,4,8,12-13H,3,5-7,9-10H2,1H3,(H,18,22)(H,17,19,21)/t12-/m1/s1. The summed E-state index contributed by atoms with van der Waals surface area (Å²) < 4.78 is 0. The number of thiocarbonyl (C=S) groups is 1. The number of rotatable bonds is 3. The lowest BCUT2D eigenvalue weighted by Gasteiger charge is -2.34. The van der Waals surface area contributed by atoms with Gasteiger partial charge in [-0.2, -0.15) is 0 Å². The zero-order valence-electron chi connectivity index (χ0n) is 12.8. The minimum absolute atomic E-state index is 0.0332. The van der Waals surface area contributed by atoms with Gasteiger partial charge < -0.3 is 15.5 Å². The molecule has 1 aromatic rings. The van der Waals surface area contributed by atoms with Crippen LogP contribution in [0.3, 0.4) is 0 Å². The van der Waals surface area contributed by atoms with Crippen LogP contribution in [0, 0.1) is 12.8 Å². The second-order valence-electron chi connectivity index (χ2n) is 6.17. The van der Waals surface area contributed by atoms with Crippen LogP contribution in [0.4, 0.5) is 5.82 Å². The average molecular weight is 318 g/mol. The molecular weight excluding hydrogens is 296 g/mol. The normalized spacial score (nSPS) is 21.3. The van der Waals surface area contributed by atoms with Gasteiger partial charge in [0.15, 0.2) is 5.11 Å². The summed E-state index contributed by atoms with van der Waals surface area (Å²) in [5, 5.41) is 7.11. The molecule has 2 aliphatic rings. The maximum Gasteiger partial charge on any atom is 0.230 e. The minimum Gasteiger partial charge on any atom is -0.360 e. The monoisotopic (exact) mass is 318 g/mol. The predicted molar refractivity (Wildman–Crippen MR) is 90.7 cm³/mol. The molecule has 1 aromatic heterocycles. The van der Waals surface area contributed by atoms with Gasteiger partial charge >= 0.3 is 0 Å². The molecule has 1 aliphatic heterocycles. The van der Waals surface area contributed by atoms with Crippen molar-refractivity contribution in [1.29, 1.82) is 0 Å². The van der Waals surface area contributed by atoms with Crippen LogP contribution in [0.1, 0.15) is 31.2 Å². The summed E-state index contributed by atoms with van der Waals surface area (Å²) in [6.07, 6.45) is 6.00. The molecule has 0 unspecified atom stereocenters. The van der Waals surface area contributed by atoms with Gasteiger partial charge in [-0.05, 0) is 56.5 Å². The van der Waals surface area contributed by atoms with Gasteiger partial charge in [0.25, 0.3) is 0 Å². The number of aromatic nitrogens is 1. The van der Waals surface area contributed by atoms with Crippen molar-refractivity contribution in [3.63, 3.8) is 0 Å². The number of piperidine rings is 1. The Labute approximate surface area is 136 Å². The Morgan fingerprint density at radius 3 is 2.95 bits per heavy atom. The summed E-state index contributed by atoms with van der Waals surface area (Å²) in [6, 6.07) is 4.37. The molecule has 22 heavy (non-hydrogen) atoms. The molecule has 0 aromatic carbocycles. The van der Waals surface area contributed by atoms with Crippen LogP contribution in [0.5, 0.6) is 0 Å². The minimum atomic E-state index is -0.0332. The fourth-order valence-corrected chi connectivity index (χ4v) is 3.04. The molecule has 1 saturated carbocycles. The molecule has 0 radical (unpaired) electrons. The lowest BCUT2D eigenvalue weighted by molar-refractivity contribution is -0.121. The number of amides is 1. The second kappa shape index (κ2) is 6.60. The zero-order valence-corrected chi connectivity index (χ0v) is 13.7. The highest BCUT2D eigenvalue weighted by Crippen LogP contribution is 2.22. The van der Waals surface area contributed by atoms with Crippen molar-refractivity contribution >= 4 is 29.1 Å². The summed E-state index contributed by atoms with van der Waals surface area (Å²) in [5.74, 6) is 0.665. The van der Waals surface area contributed by atoms with Gasteiger partial charge in [0.05, 0.1) is 5.92 Å². The summed E-state index contributed by atoms with van der Waals surface area (Å²) >= 11 is 5.45. The van der Waals surface area contributed by atoms with E-state index in [1.807, 2.05) is 19.1 Å². The van der Waals surface area contributed by atoms with Crippen LogP contribution in [-0.2, 0) is 4.79 Å². The molecule has 0 spiro atoms. The number of pyridine rings is 1. The fraction of sp³-hybridized carbons (Fsp3) is 0.562. The number of likely N-dealkylation sites (tertiary alicyclic amines) is 1. The lowest BCUT2D eigenvalue weighted by Crippen LogP contribution is -2.48. The molecule has 2 N–H and O–H groups in total. The van der Waals surface area contributed by atoms with Crippen LogP contribution in [0.2, 0.25) is 0 Å². The Balaban J connectivity index is 1.57. The van der Waals surface area contributed by atoms with Gasteiger partial charge in [0.2, 0.25) is 5.91 Å². The van der Waals surface area contributed by atoms with Crippen molar-refractivity contribution in [2.75, 3.05) is 18.4 Å². The predicted octanol–water partition coefficient (Wildman–Crippen LogP) is 2.08. The Morgan fingerprint density at radius 1 is 1.41 bits per heavy atom. The third-order valence-electron chi connectivity index (χ3n) is 4.24. The number of carbonyl (C=O) groups is 1. The van der Waals surface area contributed by atoms with Gasteiger partial charge in [0, 0.05) is 25.3 Å². The van der Waals surface area contributed by atoms with Crippen LogP contribution >= 0.6 is 12.2 Å². The van der Waals surface area contributed by atoms with E-state index >= 15 is 0 Å². The summed E-state index contributed by atoms with van der Waals surface area (Å²) in [4.78, 5) is 18.8. The number of hydrogen-bond acceptors (Lipinski definition) is 3. The fourth-order valence-electron chi connectivity index (χ4n) is 2.70. The van der Waals surface area contributed by atoms with Gasteiger partial charge in [-0.3, -0.25) is 4.79 Å². The zero-order chi connectivity index (χ0) is 15.5. The highest BCUT2D eigenvalue weighted by atomic mass is 32.1. The molecule has 118 valence electrons. The van der Waals surface area contributed by atoms with E-state index in [2.05, 4.69) is 20.5 Å². The number of nitrogens with one attached hydrogen (secondary N) is 2. The van der Waals surface area contributed by atoms with Gasteiger partial charge in [0.1, 0.15) is 5.82 Å². The van der Waals surface area contributed by atoms with E-state index in [0.717, 1.165) is 30.1 Å². The Kier molecular flexibility index (Phi) is 4.57. The molecule has 3 rings (SSSR count). The van der Waals surface area contributed by atoms with Crippen LogP contribution in [0.25, 0.3) is 0 Å². The van der Waals surface area contributed by atoms with Crippen LogP contribution < -0.4 is 10.6 Å². The largest absolute Gasteiger partial charge is 0.360 e. The van der Waals surface area contributed by atoms with Gasteiger partial charge in [-0.1, -0.05) is 6.07 Å². The molecule has 1 aliphatic carbocycles. The van der Waals surface area contributed by atoms with Crippen LogP contribution in [-0.4, -0.2) is 40.0 Å². The Bertz CT molecular complexity index is 573. The van der Waals surface area contributed by atoms with E-state index in [0.29, 0.717) is 18.4 Å². The van der Waals surface area contributed by atoms with Crippen molar-refractivity contribution in [1.82, 2.24) is 15.2 Å². The number of anilines is 1. The SMILES string of the molecule is Cc1cccnc1NC(=O)[C@@H]1CCCN(C(=S)NC2CC2)C1. The Hall–Kier alpha value is -1.69. The molecule has 1 saturated heterocycles. The maximum absolute atomic E-state index is 12.5. The third kappa shape index (κ3) is 3.74. The topological polar surface area (TPSA) is 57.3 Å². The summed E-state index contributed by atoms with van der Waals surface area (Å²) in [6.45, 7) is 3.58. The summed E-state index contributed by atoms with van der Waals surface area (Å²) in [7, 11) is 0. The van der Waals surface area contributed by atoms with Crippen molar-refractivity contribution in [2.45, 2.75) is 38.6 Å². The van der Waals surface area contributed by atoms with Crippen molar-refractivity contribution in [2.24, 2.45) is 5.92 Å². The van der Waals surface area contributed by atoms with E-state index in [-0.39, 0.29) is 11.8 Å². The molecule has 1 atom stereocenters. The van der Waals surface area contributed by atoms with Crippen molar-refractivity contribution in [3.8, 4) is 0 Å². The second-order valence-corrected chi connectivity index (χ2v) is 6.55. The molecule has 0 bridgehead atoms. The highest BCUT2D eigenvalue weighted by molar-refractivity contribution is 7.80. The van der Waals surface area contributed by atoms with E-state index in [9.17, 15) is 4.79 Å².